The van der Waals surface area contributed by atoms with Crippen LogP contribution in [-0.2, 0) is 11.2 Å². The van der Waals surface area contributed by atoms with E-state index in [1.165, 1.54) is 30.6 Å². The van der Waals surface area contributed by atoms with Crippen LogP contribution in [0.25, 0.3) is 0 Å². The van der Waals surface area contributed by atoms with Crippen LogP contribution in [0.5, 0.6) is 0 Å². The van der Waals surface area contributed by atoms with Crippen LogP contribution in [0.1, 0.15) is 64.0 Å². The number of unbranched alkanes of at least 4 members (excludes halogenated alkanes) is 2. The molecule has 0 aliphatic heterocycles. The van der Waals surface area contributed by atoms with Gasteiger partial charge in [-0.3, -0.25) is 10.1 Å². The molecule has 0 unspecified atom stereocenters. The van der Waals surface area contributed by atoms with Gasteiger partial charge in [-0.25, -0.2) is 9.78 Å². The first kappa shape index (κ1) is 18.7. The summed E-state index contributed by atoms with van der Waals surface area (Å²) in [5.74, 6) is -0.0189. The largest absolute Gasteiger partial charge is 0.356 e. The van der Waals surface area contributed by atoms with Gasteiger partial charge in [-0.2, -0.15) is 0 Å². The number of aromatic nitrogens is 1. The Morgan fingerprint density at radius 3 is 2.79 bits per heavy atom. The van der Waals surface area contributed by atoms with Gasteiger partial charge in [0.2, 0.25) is 5.91 Å². The fraction of sp³-hybridized carbons (Fsp3) is 0.706. The summed E-state index contributed by atoms with van der Waals surface area (Å²) in [6.45, 7) is 2.85. The molecule has 0 saturated heterocycles. The van der Waals surface area contributed by atoms with Crippen LogP contribution in [0.2, 0.25) is 0 Å². The summed E-state index contributed by atoms with van der Waals surface area (Å²) in [5, 5.41) is 11.0. The summed E-state index contributed by atoms with van der Waals surface area (Å²) in [5.41, 5.74) is 0.695. The highest BCUT2D eigenvalue weighted by Gasteiger charge is 2.16. The number of carbonyl (C=O) groups is 2. The van der Waals surface area contributed by atoms with Crippen LogP contribution in [0.4, 0.5) is 9.93 Å². The monoisotopic (exact) mass is 352 g/mol. The third-order valence-electron chi connectivity index (χ3n) is 4.16. The average molecular weight is 353 g/mol. The van der Waals surface area contributed by atoms with Gasteiger partial charge < -0.3 is 10.6 Å². The van der Waals surface area contributed by atoms with E-state index in [9.17, 15) is 9.59 Å². The summed E-state index contributed by atoms with van der Waals surface area (Å²) in [6.07, 6.45) is 9.25. The lowest BCUT2D eigenvalue weighted by molar-refractivity contribution is -0.120. The molecule has 1 aliphatic rings. The normalized spacial score (nSPS) is 15.0. The molecule has 1 aromatic heterocycles. The molecule has 0 spiro atoms. The predicted octanol–water partition coefficient (Wildman–Crippen LogP) is 3.45. The number of amides is 3. The van der Waals surface area contributed by atoms with Crippen LogP contribution in [0, 0.1) is 0 Å². The van der Waals surface area contributed by atoms with Crippen molar-refractivity contribution in [2.24, 2.45) is 0 Å². The number of hydrogen-bond donors (Lipinski definition) is 3. The van der Waals surface area contributed by atoms with Crippen molar-refractivity contribution in [1.82, 2.24) is 15.6 Å². The SMILES string of the molecule is CCCCCNC(=O)Cc1csc(NC(=O)NC2CCCCC2)n1. The summed E-state index contributed by atoms with van der Waals surface area (Å²) < 4.78 is 0. The molecule has 1 saturated carbocycles. The van der Waals surface area contributed by atoms with Crippen molar-refractivity contribution in [3.8, 4) is 0 Å². The number of carbonyl (C=O) groups excluding carboxylic acids is 2. The molecule has 6 nitrogen and oxygen atoms in total. The third kappa shape index (κ3) is 6.86. The first-order valence-corrected chi connectivity index (χ1v) is 9.84. The molecular weight excluding hydrogens is 324 g/mol. The Morgan fingerprint density at radius 1 is 1.25 bits per heavy atom. The van der Waals surface area contributed by atoms with Crippen LogP contribution >= 0.6 is 11.3 Å². The fourth-order valence-corrected chi connectivity index (χ4v) is 3.55. The number of rotatable bonds is 8. The quantitative estimate of drug-likeness (QED) is 0.627. The van der Waals surface area contributed by atoms with Gasteiger partial charge in [-0.15, -0.1) is 11.3 Å². The molecule has 1 fully saturated rings. The van der Waals surface area contributed by atoms with Crippen molar-refractivity contribution in [3.63, 3.8) is 0 Å². The van der Waals surface area contributed by atoms with Gasteiger partial charge in [-0.05, 0) is 19.3 Å². The lowest BCUT2D eigenvalue weighted by Gasteiger charge is -2.22. The van der Waals surface area contributed by atoms with Crippen LogP contribution < -0.4 is 16.0 Å². The van der Waals surface area contributed by atoms with Crippen LogP contribution in [0.3, 0.4) is 0 Å². The lowest BCUT2D eigenvalue weighted by Crippen LogP contribution is -2.39. The maximum Gasteiger partial charge on any atom is 0.321 e. The summed E-state index contributed by atoms with van der Waals surface area (Å²) in [4.78, 5) is 28.1. The zero-order chi connectivity index (χ0) is 17.2. The van der Waals surface area contributed by atoms with Crippen LogP contribution in [-0.4, -0.2) is 29.5 Å². The lowest BCUT2D eigenvalue weighted by atomic mass is 9.96. The van der Waals surface area contributed by atoms with Gasteiger partial charge in [0.25, 0.3) is 0 Å². The molecular formula is C17H28N4O2S. The Hall–Kier alpha value is -1.63. The molecule has 7 heteroatoms. The highest BCUT2D eigenvalue weighted by Crippen LogP contribution is 2.18. The highest BCUT2D eigenvalue weighted by molar-refractivity contribution is 7.13. The Kier molecular flexibility index (Phi) is 8.01. The van der Waals surface area contributed by atoms with Gasteiger partial charge in [-0.1, -0.05) is 39.0 Å². The van der Waals surface area contributed by atoms with Crippen molar-refractivity contribution in [3.05, 3.63) is 11.1 Å². The maximum absolute atomic E-state index is 12.0. The maximum atomic E-state index is 12.0. The second kappa shape index (κ2) is 10.3. The fourth-order valence-electron chi connectivity index (χ4n) is 2.84. The topological polar surface area (TPSA) is 83.1 Å². The molecule has 0 radical (unpaired) electrons. The van der Waals surface area contributed by atoms with Gasteiger partial charge in [0.1, 0.15) is 0 Å². The minimum absolute atomic E-state index is 0.0189. The molecule has 0 bridgehead atoms. The van der Waals surface area contributed by atoms with Gasteiger partial charge >= 0.3 is 6.03 Å². The van der Waals surface area contributed by atoms with Crippen molar-refractivity contribution in [1.29, 1.82) is 0 Å². The Morgan fingerprint density at radius 2 is 2.04 bits per heavy atom. The Labute approximate surface area is 147 Å². The molecule has 3 amide bonds. The van der Waals surface area contributed by atoms with E-state index in [4.69, 9.17) is 0 Å². The standard InChI is InChI=1S/C17H28N4O2S/c1-2-3-7-10-18-15(22)11-14-12-24-17(20-14)21-16(23)19-13-8-5-4-6-9-13/h12-13H,2-11H2,1H3,(H,18,22)(H2,19,20,21,23). The minimum Gasteiger partial charge on any atom is -0.356 e. The molecule has 0 atom stereocenters. The van der Waals surface area contributed by atoms with Gasteiger partial charge in [0.15, 0.2) is 5.13 Å². The Bertz CT molecular complexity index is 526. The molecule has 0 aromatic carbocycles. The smallest absolute Gasteiger partial charge is 0.321 e. The minimum atomic E-state index is -0.202. The number of anilines is 1. The first-order chi connectivity index (χ1) is 11.7. The van der Waals surface area contributed by atoms with E-state index in [1.807, 2.05) is 5.38 Å². The number of thiazole rings is 1. The van der Waals surface area contributed by atoms with Crippen molar-refractivity contribution in [2.45, 2.75) is 70.8 Å². The summed E-state index contributed by atoms with van der Waals surface area (Å²) in [6, 6.07) is 0.0684. The average Bonchev–Trinajstić information content (AvgIpc) is 2.99. The number of nitrogens with one attached hydrogen (secondary N) is 3. The molecule has 134 valence electrons. The second-order valence-corrected chi connectivity index (χ2v) is 7.17. The molecule has 2 rings (SSSR count). The predicted molar refractivity (Wildman–Crippen MR) is 97.4 cm³/mol. The van der Waals surface area contributed by atoms with Gasteiger partial charge in [0, 0.05) is 18.0 Å². The second-order valence-electron chi connectivity index (χ2n) is 6.31. The Balaban J connectivity index is 1.69. The molecule has 1 aliphatic carbocycles. The van der Waals surface area contributed by atoms with Gasteiger partial charge in [0.05, 0.1) is 12.1 Å². The molecule has 1 aromatic rings. The van der Waals surface area contributed by atoms with E-state index >= 15 is 0 Å². The van der Waals surface area contributed by atoms with Crippen molar-refractivity contribution < 1.29 is 9.59 Å². The zero-order valence-electron chi connectivity index (χ0n) is 14.4. The molecule has 3 N–H and O–H groups in total. The number of urea groups is 1. The zero-order valence-corrected chi connectivity index (χ0v) is 15.2. The van der Waals surface area contributed by atoms with Crippen molar-refractivity contribution >= 4 is 28.4 Å². The molecule has 24 heavy (non-hydrogen) atoms. The summed E-state index contributed by atoms with van der Waals surface area (Å²) in [7, 11) is 0. The van der Waals surface area contributed by atoms with E-state index < -0.39 is 0 Å². The van der Waals surface area contributed by atoms with E-state index in [0.29, 0.717) is 17.4 Å². The number of nitrogens with zero attached hydrogens (tertiary/aromatic N) is 1. The van der Waals surface area contributed by atoms with E-state index in [2.05, 4.69) is 27.9 Å². The van der Waals surface area contributed by atoms with E-state index in [1.54, 1.807) is 0 Å². The molecule has 1 heterocycles. The van der Waals surface area contributed by atoms with E-state index in [-0.39, 0.29) is 24.4 Å². The third-order valence-corrected chi connectivity index (χ3v) is 4.96. The number of hydrogen-bond acceptors (Lipinski definition) is 4. The summed E-state index contributed by atoms with van der Waals surface area (Å²) >= 11 is 1.35. The first-order valence-electron chi connectivity index (χ1n) is 8.96. The van der Waals surface area contributed by atoms with Crippen molar-refractivity contribution in [2.75, 3.05) is 11.9 Å². The van der Waals surface area contributed by atoms with E-state index in [0.717, 1.165) is 32.1 Å². The van der Waals surface area contributed by atoms with Crippen LogP contribution in [0.15, 0.2) is 5.38 Å². The highest BCUT2D eigenvalue weighted by atomic mass is 32.1.